The molecular formula is C11H10N2O2. The number of aromatic amines is 1. The van der Waals surface area contributed by atoms with Gasteiger partial charge in [0.05, 0.1) is 18.9 Å². The van der Waals surface area contributed by atoms with Crippen molar-refractivity contribution in [3.8, 4) is 11.1 Å². The number of carbonyl (C=O) groups excluding carboxylic acids is 1. The Balaban J connectivity index is 2.29. The normalized spacial score (nSPS) is 9.93. The Morgan fingerprint density at radius 1 is 1.27 bits per heavy atom. The number of ether oxygens (including phenoxy) is 1. The molecule has 4 heteroatoms. The summed E-state index contributed by atoms with van der Waals surface area (Å²) < 4.78 is 4.61. The topological polar surface area (TPSA) is 55.0 Å². The molecule has 15 heavy (non-hydrogen) atoms. The average molecular weight is 202 g/mol. The number of hydrogen-bond donors (Lipinski definition) is 1. The summed E-state index contributed by atoms with van der Waals surface area (Å²) in [4.78, 5) is 11.2. The van der Waals surface area contributed by atoms with Crippen molar-refractivity contribution in [2.24, 2.45) is 0 Å². The van der Waals surface area contributed by atoms with Gasteiger partial charge in [-0.15, -0.1) is 0 Å². The van der Waals surface area contributed by atoms with Gasteiger partial charge in [-0.25, -0.2) is 4.79 Å². The maximum Gasteiger partial charge on any atom is 0.337 e. The predicted octanol–water partition coefficient (Wildman–Crippen LogP) is 1.86. The van der Waals surface area contributed by atoms with Crippen molar-refractivity contribution in [3.05, 3.63) is 42.2 Å². The van der Waals surface area contributed by atoms with E-state index in [1.165, 1.54) is 7.11 Å². The van der Waals surface area contributed by atoms with Crippen molar-refractivity contribution in [2.45, 2.75) is 0 Å². The van der Waals surface area contributed by atoms with E-state index in [0.29, 0.717) is 5.56 Å². The second-order valence-corrected chi connectivity index (χ2v) is 3.06. The van der Waals surface area contributed by atoms with Gasteiger partial charge in [0.25, 0.3) is 0 Å². The van der Waals surface area contributed by atoms with Gasteiger partial charge in [0.2, 0.25) is 0 Å². The van der Waals surface area contributed by atoms with E-state index in [-0.39, 0.29) is 5.97 Å². The average Bonchev–Trinajstić information content (AvgIpc) is 2.82. The van der Waals surface area contributed by atoms with E-state index in [9.17, 15) is 4.79 Å². The van der Waals surface area contributed by atoms with Crippen molar-refractivity contribution < 1.29 is 9.53 Å². The van der Waals surface area contributed by atoms with E-state index in [2.05, 4.69) is 14.9 Å². The number of rotatable bonds is 2. The number of methoxy groups -OCH3 is 1. The first-order valence-electron chi connectivity index (χ1n) is 4.49. The smallest absolute Gasteiger partial charge is 0.337 e. The largest absolute Gasteiger partial charge is 0.465 e. The van der Waals surface area contributed by atoms with Crippen LogP contribution in [0.25, 0.3) is 11.1 Å². The molecule has 1 aromatic carbocycles. The summed E-state index contributed by atoms with van der Waals surface area (Å²) in [7, 11) is 1.37. The molecule has 1 N–H and O–H groups in total. The Kier molecular flexibility index (Phi) is 2.49. The van der Waals surface area contributed by atoms with Crippen LogP contribution in [0.1, 0.15) is 10.4 Å². The number of nitrogens with zero attached hydrogens (tertiary/aromatic N) is 1. The first-order valence-corrected chi connectivity index (χ1v) is 4.49. The summed E-state index contributed by atoms with van der Waals surface area (Å²) >= 11 is 0. The van der Waals surface area contributed by atoms with Gasteiger partial charge in [-0.3, -0.25) is 5.10 Å². The molecule has 0 saturated carbocycles. The second-order valence-electron chi connectivity index (χ2n) is 3.06. The zero-order valence-corrected chi connectivity index (χ0v) is 8.23. The Labute approximate surface area is 86.9 Å². The summed E-state index contributed by atoms with van der Waals surface area (Å²) in [6, 6.07) is 7.18. The molecule has 4 nitrogen and oxygen atoms in total. The highest BCUT2D eigenvalue weighted by Gasteiger charge is 2.05. The van der Waals surface area contributed by atoms with Crippen LogP contribution >= 0.6 is 0 Å². The van der Waals surface area contributed by atoms with Gasteiger partial charge in [0, 0.05) is 11.8 Å². The van der Waals surface area contributed by atoms with Crippen molar-refractivity contribution in [1.29, 1.82) is 0 Å². The summed E-state index contributed by atoms with van der Waals surface area (Å²) in [6.07, 6.45) is 3.53. The summed E-state index contributed by atoms with van der Waals surface area (Å²) in [6.45, 7) is 0. The molecule has 2 rings (SSSR count). The van der Waals surface area contributed by atoms with E-state index >= 15 is 0 Å². The number of aromatic nitrogens is 2. The van der Waals surface area contributed by atoms with Gasteiger partial charge >= 0.3 is 5.97 Å². The van der Waals surface area contributed by atoms with Crippen LogP contribution in [0, 0.1) is 0 Å². The highest BCUT2D eigenvalue weighted by Crippen LogP contribution is 2.18. The highest BCUT2D eigenvalue weighted by molar-refractivity contribution is 5.89. The molecule has 1 aromatic heterocycles. The monoisotopic (exact) mass is 202 g/mol. The number of carbonyl (C=O) groups is 1. The van der Waals surface area contributed by atoms with Crippen LogP contribution in [0.15, 0.2) is 36.7 Å². The summed E-state index contributed by atoms with van der Waals surface area (Å²) in [5.41, 5.74) is 2.55. The number of benzene rings is 1. The molecule has 0 aliphatic carbocycles. The maximum absolute atomic E-state index is 11.2. The number of esters is 1. The lowest BCUT2D eigenvalue weighted by Gasteiger charge is -2.00. The minimum atomic E-state index is -0.325. The van der Waals surface area contributed by atoms with Crippen LogP contribution in [-0.4, -0.2) is 23.3 Å². The third-order valence-electron chi connectivity index (χ3n) is 2.14. The fraction of sp³-hybridized carbons (Fsp3) is 0.0909. The van der Waals surface area contributed by atoms with E-state index in [1.807, 2.05) is 12.1 Å². The van der Waals surface area contributed by atoms with E-state index in [1.54, 1.807) is 24.5 Å². The molecule has 0 radical (unpaired) electrons. The van der Waals surface area contributed by atoms with E-state index < -0.39 is 0 Å². The molecule has 0 saturated heterocycles. The van der Waals surface area contributed by atoms with Gasteiger partial charge in [0.15, 0.2) is 0 Å². The molecule has 0 atom stereocenters. The van der Waals surface area contributed by atoms with Gasteiger partial charge in [0.1, 0.15) is 0 Å². The lowest BCUT2D eigenvalue weighted by molar-refractivity contribution is 0.0601. The molecule has 1 heterocycles. The van der Waals surface area contributed by atoms with Gasteiger partial charge in [-0.1, -0.05) is 12.1 Å². The third kappa shape index (κ3) is 1.88. The third-order valence-corrected chi connectivity index (χ3v) is 2.14. The van der Waals surface area contributed by atoms with Gasteiger partial charge in [-0.2, -0.15) is 5.10 Å². The molecule has 76 valence electrons. The van der Waals surface area contributed by atoms with E-state index in [4.69, 9.17) is 0 Å². The lowest BCUT2D eigenvalue weighted by Crippen LogP contribution is -2.00. The number of H-pyrrole nitrogens is 1. The molecule has 0 amide bonds. The minimum absolute atomic E-state index is 0.325. The molecule has 0 bridgehead atoms. The zero-order chi connectivity index (χ0) is 10.7. The first kappa shape index (κ1) is 9.45. The second kappa shape index (κ2) is 3.96. The Morgan fingerprint density at radius 3 is 2.53 bits per heavy atom. The van der Waals surface area contributed by atoms with Crippen LogP contribution < -0.4 is 0 Å². The first-order chi connectivity index (χ1) is 7.31. The van der Waals surface area contributed by atoms with Crippen LogP contribution in [0.4, 0.5) is 0 Å². The number of nitrogens with one attached hydrogen (secondary N) is 1. The van der Waals surface area contributed by atoms with Crippen molar-refractivity contribution >= 4 is 5.97 Å². The molecule has 0 aliphatic rings. The van der Waals surface area contributed by atoms with Gasteiger partial charge < -0.3 is 4.74 Å². The maximum atomic E-state index is 11.2. The van der Waals surface area contributed by atoms with Crippen LogP contribution in [0.5, 0.6) is 0 Å². The fourth-order valence-corrected chi connectivity index (χ4v) is 1.33. The minimum Gasteiger partial charge on any atom is -0.465 e. The predicted molar refractivity (Wildman–Crippen MR) is 55.4 cm³/mol. The molecule has 0 spiro atoms. The molecule has 2 aromatic rings. The SMILES string of the molecule is COC(=O)c1ccc(-c2cn[nH]c2)cc1. The van der Waals surface area contributed by atoms with E-state index in [0.717, 1.165) is 11.1 Å². The van der Waals surface area contributed by atoms with Crippen molar-refractivity contribution in [1.82, 2.24) is 10.2 Å². The molecule has 0 aliphatic heterocycles. The van der Waals surface area contributed by atoms with Crippen molar-refractivity contribution in [2.75, 3.05) is 7.11 Å². The van der Waals surface area contributed by atoms with Gasteiger partial charge in [-0.05, 0) is 17.7 Å². The Morgan fingerprint density at radius 2 is 2.00 bits per heavy atom. The lowest BCUT2D eigenvalue weighted by atomic mass is 10.1. The molecular weight excluding hydrogens is 192 g/mol. The van der Waals surface area contributed by atoms with Crippen LogP contribution in [0.3, 0.4) is 0 Å². The van der Waals surface area contributed by atoms with Crippen LogP contribution in [0.2, 0.25) is 0 Å². The summed E-state index contributed by atoms with van der Waals surface area (Å²) in [5.74, 6) is -0.325. The molecule has 0 unspecified atom stereocenters. The Bertz CT molecular complexity index is 446. The zero-order valence-electron chi connectivity index (χ0n) is 8.23. The highest BCUT2D eigenvalue weighted by atomic mass is 16.5. The number of hydrogen-bond acceptors (Lipinski definition) is 3. The molecule has 0 fully saturated rings. The fourth-order valence-electron chi connectivity index (χ4n) is 1.33. The standard InChI is InChI=1S/C11H10N2O2/c1-15-11(14)9-4-2-8(3-5-9)10-6-12-13-7-10/h2-7H,1H3,(H,12,13). The quantitative estimate of drug-likeness (QED) is 0.756. The summed E-state index contributed by atoms with van der Waals surface area (Å²) in [5, 5.41) is 6.59. The van der Waals surface area contributed by atoms with Crippen LogP contribution in [-0.2, 0) is 4.74 Å². The Hall–Kier alpha value is -2.10. The van der Waals surface area contributed by atoms with Crippen molar-refractivity contribution in [3.63, 3.8) is 0 Å².